The molecule has 2 heterocycles. The van der Waals surface area contributed by atoms with Crippen LogP contribution in [-0.4, -0.2) is 34.9 Å². The first-order valence-corrected chi connectivity index (χ1v) is 7.92. The molecule has 20 heavy (non-hydrogen) atoms. The first kappa shape index (κ1) is 15.7. The Morgan fingerprint density at radius 1 is 1.35 bits per heavy atom. The lowest BCUT2D eigenvalue weighted by Gasteiger charge is -2.25. The fraction of sp³-hybridized carbons (Fsp3) is 0.857. The average molecular weight is 299 g/mol. The molecule has 1 aliphatic heterocycles. The molecule has 0 saturated carbocycles. The van der Waals surface area contributed by atoms with Crippen LogP contribution in [0.3, 0.4) is 0 Å². The van der Waals surface area contributed by atoms with Crippen molar-refractivity contribution < 1.29 is 9.47 Å². The largest absolute Gasteiger partial charge is 0.360 e. The Kier molecular flexibility index (Phi) is 4.66. The predicted octanol–water partition coefficient (Wildman–Crippen LogP) is 3.04. The number of nitrogens with one attached hydrogen (secondary N) is 1. The lowest BCUT2D eigenvalue weighted by atomic mass is 9.96. The van der Waals surface area contributed by atoms with Gasteiger partial charge in [-0.15, -0.1) is 0 Å². The van der Waals surface area contributed by atoms with E-state index in [4.69, 9.17) is 9.47 Å². The summed E-state index contributed by atoms with van der Waals surface area (Å²) in [5.74, 6) is 0.922. The molecule has 1 aromatic rings. The van der Waals surface area contributed by atoms with Gasteiger partial charge in [0, 0.05) is 29.9 Å². The maximum Gasteiger partial charge on any atom is 0.202 e. The average Bonchev–Trinajstić information content (AvgIpc) is 2.94. The van der Waals surface area contributed by atoms with E-state index in [1.807, 2.05) is 6.92 Å². The van der Waals surface area contributed by atoms with Gasteiger partial charge in [-0.05, 0) is 12.8 Å². The first-order valence-electron chi connectivity index (χ1n) is 7.14. The summed E-state index contributed by atoms with van der Waals surface area (Å²) in [4.78, 5) is 4.54. The third-order valence-corrected chi connectivity index (χ3v) is 3.99. The third kappa shape index (κ3) is 4.14. The molecule has 1 saturated heterocycles. The van der Waals surface area contributed by atoms with E-state index in [-0.39, 0.29) is 5.41 Å². The van der Waals surface area contributed by atoms with Crippen LogP contribution in [0, 0.1) is 5.92 Å². The molecule has 6 heteroatoms. The number of aromatic nitrogens is 2. The van der Waals surface area contributed by atoms with Gasteiger partial charge in [-0.2, -0.15) is 4.37 Å². The molecule has 1 unspecified atom stereocenters. The molecule has 1 fully saturated rings. The molecule has 0 amide bonds. The molecule has 0 bridgehead atoms. The molecule has 1 aromatic heterocycles. The lowest BCUT2D eigenvalue weighted by molar-refractivity contribution is -0.153. The zero-order valence-electron chi connectivity index (χ0n) is 13.0. The van der Waals surface area contributed by atoms with E-state index in [0.29, 0.717) is 19.1 Å². The van der Waals surface area contributed by atoms with Gasteiger partial charge in [-0.1, -0.05) is 27.7 Å². The van der Waals surface area contributed by atoms with Crippen molar-refractivity contribution >= 4 is 16.7 Å². The van der Waals surface area contributed by atoms with Gasteiger partial charge in [0.25, 0.3) is 0 Å². The Hall–Kier alpha value is -0.720. The number of hydrogen-bond acceptors (Lipinski definition) is 6. The summed E-state index contributed by atoms with van der Waals surface area (Å²) >= 11 is 1.43. The van der Waals surface area contributed by atoms with Gasteiger partial charge < -0.3 is 14.8 Å². The maximum atomic E-state index is 5.64. The summed E-state index contributed by atoms with van der Waals surface area (Å²) in [6.45, 7) is 12.8. The van der Waals surface area contributed by atoms with Crippen molar-refractivity contribution in [3.63, 3.8) is 0 Å². The van der Waals surface area contributed by atoms with Gasteiger partial charge in [0.1, 0.15) is 5.82 Å². The lowest BCUT2D eigenvalue weighted by Crippen LogP contribution is -2.30. The molecule has 2 rings (SSSR count). The highest BCUT2D eigenvalue weighted by Crippen LogP contribution is 2.27. The van der Waals surface area contributed by atoms with Crippen molar-refractivity contribution in [3.05, 3.63) is 5.82 Å². The van der Waals surface area contributed by atoms with Crippen LogP contribution in [0.5, 0.6) is 0 Å². The summed E-state index contributed by atoms with van der Waals surface area (Å²) in [5.41, 5.74) is 0.00104. The van der Waals surface area contributed by atoms with Gasteiger partial charge in [0.2, 0.25) is 5.13 Å². The second-order valence-electron chi connectivity index (χ2n) is 6.69. The first-order chi connectivity index (χ1) is 9.28. The van der Waals surface area contributed by atoms with Crippen LogP contribution in [0.25, 0.3) is 0 Å². The Morgan fingerprint density at radius 3 is 2.55 bits per heavy atom. The molecule has 1 N–H and O–H groups in total. The molecule has 5 nitrogen and oxygen atoms in total. The number of hydrogen-bond donors (Lipinski definition) is 1. The molecule has 0 aliphatic carbocycles. The van der Waals surface area contributed by atoms with Crippen LogP contribution in [0.15, 0.2) is 0 Å². The minimum absolute atomic E-state index is 0.00104. The number of anilines is 1. The van der Waals surface area contributed by atoms with Crippen LogP contribution in [0.2, 0.25) is 0 Å². The molecular weight excluding hydrogens is 274 g/mol. The predicted molar refractivity (Wildman–Crippen MR) is 81.2 cm³/mol. The van der Waals surface area contributed by atoms with Crippen LogP contribution < -0.4 is 5.32 Å². The Bertz CT molecular complexity index is 436. The van der Waals surface area contributed by atoms with E-state index in [1.54, 1.807) is 0 Å². The van der Waals surface area contributed by atoms with Crippen LogP contribution in [-0.2, 0) is 14.9 Å². The monoisotopic (exact) mass is 299 g/mol. The van der Waals surface area contributed by atoms with E-state index >= 15 is 0 Å². The maximum absolute atomic E-state index is 5.64. The SMILES string of the molecule is CC(CNc1nc(C(C)(C)C)ns1)CC1(C)OCCO1. The molecular formula is C14H25N3O2S. The number of rotatable bonds is 5. The quantitative estimate of drug-likeness (QED) is 0.905. The number of nitrogens with zero attached hydrogens (tertiary/aromatic N) is 2. The van der Waals surface area contributed by atoms with Crippen LogP contribution in [0.1, 0.15) is 46.9 Å². The third-order valence-electron chi connectivity index (χ3n) is 3.32. The Morgan fingerprint density at radius 2 is 2.00 bits per heavy atom. The van der Waals surface area contributed by atoms with E-state index in [1.165, 1.54) is 11.5 Å². The zero-order valence-corrected chi connectivity index (χ0v) is 13.8. The van der Waals surface area contributed by atoms with Gasteiger partial charge >= 0.3 is 0 Å². The fourth-order valence-corrected chi connectivity index (χ4v) is 3.00. The topological polar surface area (TPSA) is 56.3 Å². The molecule has 114 valence electrons. The highest BCUT2D eigenvalue weighted by Gasteiger charge is 2.32. The van der Waals surface area contributed by atoms with Crippen molar-refractivity contribution in [2.75, 3.05) is 25.1 Å². The summed E-state index contributed by atoms with van der Waals surface area (Å²) in [7, 11) is 0. The smallest absolute Gasteiger partial charge is 0.202 e. The second kappa shape index (κ2) is 5.95. The standard InChI is InChI=1S/C14H25N3O2S/c1-10(8-14(5)18-6-7-19-14)9-15-12-16-11(17-20-12)13(2,3)4/h10H,6-9H2,1-5H3,(H,15,16,17). The van der Waals surface area contributed by atoms with Crippen LogP contribution in [0.4, 0.5) is 5.13 Å². The summed E-state index contributed by atoms with van der Waals surface area (Å²) < 4.78 is 15.7. The summed E-state index contributed by atoms with van der Waals surface area (Å²) in [6.07, 6.45) is 0.880. The van der Waals surface area contributed by atoms with E-state index in [2.05, 4.69) is 42.4 Å². The molecule has 1 aliphatic rings. The van der Waals surface area contributed by atoms with E-state index in [0.717, 1.165) is 23.9 Å². The van der Waals surface area contributed by atoms with Gasteiger partial charge in [0.15, 0.2) is 5.79 Å². The molecule has 1 atom stereocenters. The van der Waals surface area contributed by atoms with Crippen molar-refractivity contribution in [1.82, 2.24) is 9.36 Å². The highest BCUT2D eigenvalue weighted by molar-refractivity contribution is 7.09. The zero-order chi connectivity index (χ0) is 14.8. The minimum Gasteiger partial charge on any atom is -0.360 e. The van der Waals surface area contributed by atoms with E-state index in [9.17, 15) is 0 Å². The van der Waals surface area contributed by atoms with Gasteiger partial charge in [0.05, 0.1) is 13.2 Å². The van der Waals surface area contributed by atoms with Crippen molar-refractivity contribution in [2.45, 2.75) is 52.2 Å². The van der Waals surface area contributed by atoms with Crippen molar-refractivity contribution in [3.8, 4) is 0 Å². The molecule has 0 radical (unpaired) electrons. The Labute approximate surface area is 125 Å². The molecule has 0 aromatic carbocycles. The second-order valence-corrected chi connectivity index (χ2v) is 7.45. The summed E-state index contributed by atoms with van der Waals surface area (Å²) in [5, 5.41) is 4.25. The fourth-order valence-electron chi connectivity index (χ4n) is 2.24. The number of ether oxygens (including phenoxy) is 2. The minimum atomic E-state index is -0.418. The van der Waals surface area contributed by atoms with Crippen LogP contribution >= 0.6 is 11.5 Å². The van der Waals surface area contributed by atoms with Gasteiger partial charge in [-0.3, -0.25) is 0 Å². The summed E-state index contributed by atoms with van der Waals surface area (Å²) in [6, 6.07) is 0. The van der Waals surface area contributed by atoms with E-state index < -0.39 is 5.79 Å². The Balaban J connectivity index is 1.81. The van der Waals surface area contributed by atoms with Crippen molar-refractivity contribution in [2.24, 2.45) is 5.92 Å². The normalized spacial score (nSPS) is 20.1. The van der Waals surface area contributed by atoms with Gasteiger partial charge in [-0.25, -0.2) is 4.98 Å². The van der Waals surface area contributed by atoms with Crippen molar-refractivity contribution in [1.29, 1.82) is 0 Å². The molecule has 0 spiro atoms. The highest BCUT2D eigenvalue weighted by atomic mass is 32.1.